The highest BCUT2D eigenvalue weighted by atomic mass is 35.5. The lowest BCUT2D eigenvalue weighted by molar-refractivity contribution is -0.133. The highest BCUT2D eigenvalue weighted by Crippen LogP contribution is 2.20. The van der Waals surface area contributed by atoms with Crippen LogP contribution in [0.15, 0.2) is 30.3 Å². The van der Waals surface area contributed by atoms with Crippen LogP contribution in [0.1, 0.15) is 29.8 Å². The Morgan fingerprint density at radius 2 is 2.00 bits per heavy atom. The molecule has 5 nitrogen and oxygen atoms in total. The summed E-state index contributed by atoms with van der Waals surface area (Å²) in [6, 6.07) is 9.76. The number of benzene rings is 1. The first-order valence-corrected chi connectivity index (χ1v) is 8.89. The molecule has 25 heavy (non-hydrogen) atoms. The van der Waals surface area contributed by atoms with Crippen LogP contribution in [0, 0.1) is 13.8 Å². The molecule has 3 rings (SSSR count). The van der Waals surface area contributed by atoms with Gasteiger partial charge in [0, 0.05) is 23.0 Å². The lowest BCUT2D eigenvalue weighted by Crippen LogP contribution is -2.45. The van der Waals surface area contributed by atoms with Crippen LogP contribution < -0.4 is 4.74 Å². The predicted molar refractivity (Wildman–Crippen MR) is 96.9 cm³/mol. The van der Waals surface area contributed by atoms with Gasteiger partial charge in [0.2, 0.25) is 5.91 Å². The van der Waals surface area contributed by atoms with Crippen LogP contribution in [0.25, 0.3) is 0 Å². The van der Waals surface area contributed by atoms with E-state index in [1.165, 1.54) is 0 Å². The summed E-state index contributed by atoms with van der Waals surface area (Å²) >= 11 is 6.16. The normalized spacial score (nSPS) is 17.4. The molecule has 132 valence electrons. The number of hydrogen-bond acceptors (Lipinski definition) is 4. The zero-order valence-corrected chi connectivity index (χ0v) is 15.3. The van der Waals surface area contributed by atoms with Gasteiger partial charge < -0.3 is 9.64 Å². The quantitative estimate of drug-likeness (QED) is 0.840. The van der Waals surface area contributed by atoms with Gasteiger partial charge in [-0.05, 0) is 44.4 Å². The average molecular weight is 360 g/mol. The first-order chi connectivity index (χ1) is 12.0. The van der Waals surface area contributed by atoms with E-state index in [1.54, 1.807) is 0 Å². The number of carbonyl (C=O) groups is 1. The van der Waals surface area contributed by atoms with E-state index in [9.17, 15) is 4.79 Å². The Kier molecular flexibility index (Phi) is 5.53. The maximum atomic E-state index is 12.6. The molecule has 2 aromatic rings. The standard InChI is InChI=1S/C19H22ClN3O2/c1-13-10-14(2)22-19(21-13)25-16-7-5-9-23(12-16)18(24)11-15-6-3-4-8-17(15)20/h3-4,6,8,10,16H,5,7,9,11-12H2,1-2H3/t16-/m1/s1. The van der Waals surface area contributed by atoms with E-state index in [1.807, 2.05) is 49.1 Å². The molecule has 0 radical (unpaired) electrons. The topological polar surface area (TPSA) is 55.3 Å². The van der Waals surface area contributed by atoms with E-state index in [0.29, 0.717) is 24.0 Å². The third kappa shape index (κ3) is 4.69. The fraction of sp³-hybridized carbons (Fsp3) is 0.421. The zero-order valence-electron chi connectivity index (χ0n) is 14.5. The monoisotopic (exact) mass is 359 g/mol. The second-order valence-electron chi connectivity index (χ2n) is 6.42. The van der Waals surface area contributed by atoms with E-state index in [2.05, 4.69) is 9.97 Å². The predicted octanol–water partition coefficient (Wildman–Crippen LogP) is 3.36. The number of piperidine rings is 1. The molecule has 0 saturated carbocycles. The largest absolute Gasteiger partial charge is 0.458 e. The van der Waals surface area contributed by atoms with Gasteiger partial charge >= 0.3 is 6.01 Å². The van der Waals surface area contributed by atoms with Gasteiger partial charge in [0.15, 0.2) is 0 Å². The minimum atomic E-state index is -0.0786. The number of likely N-dealkylation sites (tertiary alicyclic amines) is 1. The number of amides is 1. The van der Waals surface area contributed by atoms with E-state index < -0.39 is 0 Å². The highest BCUT2D eigenvalue weighted by Gasteiger charge is 2.26. The molecule has 0 N–H and O–H groups in total. The van der Waals surface area contributed by atoms with Crippen LogP contribution in [0.2, 0.25) is 5.02 Å². The Hall–Kier alpha value is -2.14. The van der Waals surface area contributed by atoms with Crippen molar-refractivity contribution in [2.75, 3.05) is 13.1 Å². The lowest BCUT2D eigenvalue weighted by atomic mass is 10.1. The summed E-state index contributed by atoms with van der Waals surface area (Å²) in [4.78, 5) is 23.1. The second-order valence-corrected chi connectivity index (χ2v) is 6.83. The molecule has 2 heterocycles. The third-order valence-electron chi connectivity index (χ3n) is 4.26. The first kappa shape index (κ1) is 17.7. The Labute approximate surface area is 153 Å². The second kappa shape index (κ2) is 7.83. The molecular formula is C19H22ClN3O2. The summed E-state index contributed by atoms with van der Waals surface area (Å²) < 4.78 is 5.93. The van der Waals surface area contributed by atoms with Gasteiger partial charge in [-0.15, -0.1) is 0 Å². The van der Waals surface area contributed by atoms with Crippen LogP contribution in [0.3, 0.4) is 0 Å². The van der Waals surface area contributed by atoms with Gasteiger partial charge in [-0.3, -0.25) is 4.79 Å². The fourth-order valence-electron chi connectivity index (χ4n) is 3.07. The van der Waals surface area contributed by atoms with Crippen molar-refractivity contribution in [3.8, 4) is 6.01 Å². The summed E-state index contributed by atoms with van der Waals surface area (Å²) in [6.07, 6.45) is 2.03. The third-order valence-corrected chi connectivity index (χ3v) is 4.63. The SMILES string of the molecule is Cc1cc(C)nc(O[C@@H]2CCCN(C(=O)Cc3ccccc3Cl)C2)n1. The average Bonchev–Trinajstić information content (AvgIpc) is 2.56. The highest BCUT2D eigenvalue weighted by molar-refractivity contribution is 6.31. The molecule has 0 bridgehead atoms. The van der Waals surface area contributed by atoms with Crippen molar-refractivity contribution in [3.63, 3.8) is 0 Å². The van der Waals surface area contributed by atoms with Crippen molar-refractivity contribution in [2.24, 2.45) is 0 Å². The van der Waals surface area contributed by atoms with E-state index in [0.717, 1.165) is 36.3 Å². The van der Waals surface area contributed by atoms with Crippen molar-refractivity contribution in [3.05, 3.63) is 52.3 Å². The van der Waals surface area contributed by atoms with E-state index in [4.69, 9.17) is 16.3 Å². The minimum absolute atomic E-state index is 0.0720. The Morgan fingerprint density at radius 3 is 2.72 bits per heavy atom. The summed E-state index contributed by atoms with van der Waals surface area (Å²) in [5.74, 6) is 0.0720. The van der Waals surface area contributed by atoms with Crippen LogP contribution in [0.4, 0.5) is 0 Å². The molecule has 1 amide bonds. The number of halogens is 1. The molecule has 1 aromatic heterocycles. The number of nitrogens with zero attached hydrogens (tertiary/aromatic N) is 3. The van der Waals surface area contributed by atoms with Crippen LogP contribution in [-0.2, 0) is 11.2 Å². The van der Waals surface area contributed by atoms with E-state index >= 15 is 0 Å². The zero-order chi connectivity index (χ0) is 17.8. The van der Waals surface area contributed by atoms with Crippen LogP contribution in [0.5, 0.6) is 6.01 Å². The molecule has 1 atom stereocenters. The van der Waals surface area contributed by atoms with Crippen LogP contribution >= 0.6 is 11.6 Å². The molecule has 1 fully saturated rings. The molecule has 1 aliphatic heterocycles. The van der Waals surface area contributed by atoms with Gasteiger partial charge in [0.1, 0.15) is 6.10 Å². The molecule has 0 spiro atoms. The molecule has 6 heteroatoms. The number of aryl methyl sites for hydroxylation is 2. The van der Waals surface area contributed by atoms with Gasteiger partial charge in [0.05, 0.1) is 13.0 Å². The smallest absolute Gasteiger partial charge is 0.317 e. The Balaban J connectivity index is 1.62. The van der Waals surface area contributed by atoms with Crippen molar-refractivity contribution in [2.45, 2.75) is 39.2 Å². The number of hydrogen-bond donors (Lipinski definition) is 0. The van der Waals surface area contributed by atoms with Crippen molar-refractivity contribution >= 4 is 17.5 Å². The molecule has 1 aromatic carbocycles. The summed E-state index contributed by atoms with van der Waals surface area (Å²) in [6.45, 7) is 5.14. The maximum Gasteiger partial charge on any atom is 0.317 e. The molecule has 1 saturated heterocycles. The molecule has 1 aliphatic rings. The molecular weight excluding hydrogens is 338 g/mol. The summed E-state index contributed by atoms with van der Waals surface area (Å²) in [5, 5.41) is 0.629. The minimum Gasteiger partial charge on any atom is -0.458 e. The van der Waals surface area contributed by atoms with Gasteiger partial charge in [0.25, 0.3) is 0 Å². The first-order valence-electron chi connectivity index (χ1n) is 8.51. The summed E-state index contributed by atoms with van der Waals surface area (Å²) in [7, 11) is 0. The fourth-order valence-corrected chi connectivity index (χ4v) is 3.28. The van der Waals surface area contributed by atoms with Crippen molar-refractivity contribution in [1.82, 2.24) is 14.9 Å². The number of rotatable bonds is 4. The van der Waals surface area contributed by atoms with Gasteiger partial charge in [-0.2, -0.15) is 0 Å². The summed E-state index contributed by atoms with van der Waals surface area (Å²) in [5.41, 5.74) is 2.62. The number of carbonyl (C=O) groups excluding carboxylic acids is 1. The van der Waals surface area contributed by atoms with Crippen molar-refractivity contribution < 1.29 is 9.53 Å². The van der Waals surface area contributed by atoms with Crippen molar-refractivity contribution in [1.29, 1.82) is 0 Å². The molecule has 0 unspecified atom stereocenters. The van der Waals surface area contributed by atoms with Gasteiger partial charge in [-0.25, -0.2) is 9.97 Å². The number of aromatic nitrogens is 2. The number of ether oxygens (including phenoxy) is 1. The maximum absolute atomic E-state index is 12.6. The Morgan fingerprint density at radius 1 is 1.28 bits per heavy atom. The lowest BCUT2D eigenvalue weighted by Gasteiger charge is -2.32. The van der Waals surface area contributed by atoms with Crippen LogP contribution in [-0.4, -0.2) is 40.0 Å². The molecule has 0 aliphatic carbocycles. The van der Waals surface area contributed by atoms with Gasteiger partial charge in [-0.1, -0.05) is 29.8 Å². The van der Waals surface area contributed by atoms with E-state index in [-0.39, 0.29) is 12.0 Å². The Bertz CT molecular complexity index is 746.